The summed E-state index contributed by atoms with van der Waals surface area (Å²) in [5, 5.41) is 3.94. The summed E-state index contributed by atoms with van der Waals surface area (Å²) in [5.41, 5.74) is 5.60. The lowest BCUT2D eigenvalue weighted by Crippen LogP contribution is -2.41. The van der Waals surface area contributed by atoms with Gasteiger partial charge in [0, 0.05) is 18.2 Å². The number of rotatable bonds is 3. The molecular formula is C15H16N4O3. The molecule has 22 heavy (non-hydrogen) atoms. The molecule has 2 heterocycles. The van der Waals surface area contributed by atoms with Gasteiger partial charge in [-0.25, -0.2) is 0 Å². The zero-order valence-electron chi connectivity index (χ0n) is 11.9. The third kappa shape index (κ3) is 3.13. The lowest BCUT2D eigenvalue weighted by molar-refractivity contribution is 0.0823. The smallest absolute Gasteiger partial charge is 0.308 e. The molecule has 1 fully saturated rings. The van der Waals surface area contributed by atoms with Gasteiger partial charge in [-0.3, -0.25) is 25.4 Å². The van der Waals surface area contributed by atoms with Crippen LogP contribution in [0.15, 0.2) is 35.0 Å². The molecule has 2 N–H and O–H groups in total. The molecule has 2 aromatic heterocycles. The van der Waals surface area contributed by atoms with E-state index in [1.807, 2.05) is 0 Å². The van der Waals surface area contributed by atoms with Gasteiger partial charge < -0.3 is 4.52 Å². The normalized spacial score (nSPS) is 14.7. The van der Waals surface area contributed by atoms with Crippen LogP contribution in [-0.2, 0) is 0 Å². The second kappa shape index (κ2) is 6.38. The second-order valence-corrected chi connectivity index (χ2v) is 5.22. The zero-order chi connectivity index (χ0) is 15.4. The molecule has 0 saturated heterocycles. The molecule has 7 heteroatoms. The summed E-state index contributed by atoms with van der Waals surface area (Å²) in [6.45, 7) is 0. The van der Waals surface area contributed by atoms with Crippen molar-refractivity contribution in [2.75, 3.05) is 0 Å². The van der Waals surface area contributed by atoms with Crippen LogP contribution in [0.3, 0.4) is 0 Å². The predicted octanol–water partition coefficient (Wildman–Crippen LogP) is 1.80. The summed E-state index contributed by atoms with van der Waals surface area (Å²) in [4.78, 5) is 27.6. The van der Waals surface area contributed by atoms with Crippen molar-refractivity contribution in [1.29, 1.82) is 0 Å². The third-order valence-corrected chi connectivity index (χ3v) is 3.71. The molecule has 3 rings (SSSR count). The highest BCUT2D eigenvalue weighted by molar-refractivity contribution is 5.96. The van der Waals surface area contributed by atoms with Gasteiger partial charge in [0.1, 0.15) is 5.69 Å². The SMILES string of the molecule is O=C(NNC(=O)c1cc(C2CCCC2)no1)c1ccccn1. The summed E-state index contributed by atoms with van der Waals surface area (Å²) >= 11 is 0. The largest absolute Gasteiger partial charge is 0.351 e. The molecule has 0 atom stereocenters. The van der Waals surface area contributed by atoms with Gasteiger partial charge in [-0.2, -0.15) is 0 Å². The van der Waals surface area contributed by atoms with Gasteiger partial charge >= 0.3 is 5.91 Å². The first-order valence-electron chi connectivity index (χ1n) is 7.22. The minimum Gasteiger partial charge on any atom is -0.351 e. The van der Waals surface area contributed by atoms with E-state index >= 15 is 0 Å². The predicted molar refractivity (Wildman–Crippen MR) is 76.9 cm³/mol. The molecule has 2 amide bonds. The Hall–Kier alpha value is -2.70. The van der Waals surface area contributed by atoms with E-state index in [2.05, 4.69) is 21.0 Å². The maximum absolute atomic E-state index is 11.9. The third-order valence-electron chi connectivity index (χ3n) is 3.71. The molecule has 1 aliphatic carbocycles. The molecule has 2 aromatic rings. The van der Waals surface area contributed by atoms with Crippen molar-refractivity contribution in [1.82, 2.24) is 21.0 Å². The average Bonchev–Trinajstić information content (AvgIpc) is 3.23. The number of amides is 2. The Morgan fingerprint density at radius 2 is 1.91 bits per heavy atom. The number of carbonyl (C=O) groups is 2. The minimum atomic E-state index is -0.541. The van der Waals surface area contributed by atoms with Crippen LogP contribution in [-0.4, -0.2) is 22.0 Å². The zero-order valence-corrected chi connectivity index (χ0v) is 11.9. The number of aromatic nitrogens is 2. The molecule has 0 radical (unpaired) electrons. The van der Waals surface area contributed by atoms with Crippen LogP contribution in [0.4, 0.5) is 0 Å². The van der Waals surface area contributed by atoms with E-state index in [1.54, 1.807) is 24.3 Å². The van der Waals surface area contributed by atoms with E-state index in [0.717, 1.165) is 18.5 Å². The fourth-order valence-corrected chi connectivity index (χ4v) is 2.55. The van der Waals surface area contributed by atoms with Gasteiger partial charge in [-0.1, -0.05) is 24.1 Å². The van der Waals surface area contributed by atoms with Crippen molar-refractivity contribution in [2.24, 2.45) is 0 Å². The van der Waals surface area contributed by atoms with E-state index in [0.29, 0.717) is 5.92 Å². The summed E-state index contributed by atoms with van der Waals surface area (Å²) in [7, 11) is 0. The number of nitrogens with one attached hydrogen (secondary N) is 2. The Balaban J connectivity index is 1.57. The number of hydrazine groups is 1. The number of pyridine rings is 1. The number of hydrogen-bond donors (Lipinski definition) is 2. The number of hydrogen-bond acceptors (Lipinski definition) is 5. The van der Waals surface area contributed by atoms with Crippen LogP contribution in [0.5, 0.6) is 0 Å². The van der Waals surface area contributed by atoms with Gasteiger partial charge in [0.15, 0.2) is 0 Å². The molecule has 0 aromatic carbocycles. The summed E-state index contributed by atoms with van der Waals surface area (Å²) in [6, 6.07) is 6.58. The molecule has 1 saturated carbocycles. The van der Waals surface area contributed by atoms with Crippen LogP contribution in [0, 0.1) is 0 Å². The average molecular weight is 300 g/mol. The van der Waals surface area contributed by atoms with Gasteiger partial charge in [-0.05, 0) is 25.0 Å². The van der Waals surface area contributed by atoms with Crippen molar-refractivity contribution in [2.45, 2.75) is 31.6 Å². The highest BCUT2D eigenvalue weighted by atomic mass is 16.5. The fraction of sp³-hybridized carbons (Fsp3) is 0.333. The first-order chi connectivity index (χ1) is 10.7. The summed E-state index contributed by atoms with van der Waals surface area (Å²) in [5.74, 6) is -0.581. The Labute approximate surface area is 127 Å². The van der Waals surface area contributed by atoms with Gasteiger partial charge in [0.05, 0.1) is 5.69 Å². The Bertz CT molecular complexity index is 662. The number of carbonyl (C=O) groups excluding carboxylic acids is 2. The van der Waals surface area contributed by atoms with Crippen molar-refractivity contribution >= 4 is 11.8 Å². The highest BCUT2D eigenvalue weighted by Crippen LogP contribution is 2.33. The molecule has 114 valence electrons. The summed E-state index contributed by atoms with van der Waals surface area (Å²) in [6.07, 6.45) is 6.01. The first-order valence-corrected chi connectivity index (χ1v) is 7.22. The fourth-order valence-electron chi connectivity index (χ4n) is 2.55. The van der Waals surface area contributed by atoms with Crippen molar-refractivity contribution in [3.63, 3.8) is 0 Å². The monoisotopic (exact) mass is 300 g/mol. The Kier molecular flexibility index (Phi) is 4.13. The highest BCUT2D eigenvalue weighted by Gasteiger charge is 2.22. The molecule has 0 spiro atoms. The van der Waals surface area contributed by atoms with Crippen LogP contribution in [0.2, 0.25) is 0 Å². The Morgan fingerprint density at radius 1 is 1.14 bits per heavy atom. The quantitative estimate of drug-likeness (QED) is 0.842. The summed E-state index contributed by atoms with van der Waals surface area (Å²) < 4.78 is 5.05. The molecule has 7 nitrogen and oxygen atoms in total. The Morgan fingerprint density at radius 3 is 2.64 bits per heavy atom. The van der Waals surface area contributed by atoms with Crippen molar-refractivity contribution in [3.8, 4) is 0 Å². The standard InChI is InChI=1S/C15H16N4O3/c20-14(11-7-3-4-8-16-11)17-18-15(21)13-9-12(19-22-13)10-5-1-2-6-10/h3-4,7-10H,1-2,5-6H2,(H,17,20)(H,18,21). The van der Waals surface area contributed by atoms with E-state index in [-0.39, 0.29) is 11.5 Å². The minimum absolute atomic E-state index is 0.0863. The molecule has 1 aliphatic rings. The lowest BCUT2D eigenvalue weighted by atomic mass is 10.0. The van der Waals surface area contributed by atoms with Crippen molar-refractivity contribution in [3.05, 3.63) is 47.6 Å². The van der Waals surface area contributed by atoms with E-state index in [4.69, 9.17) is 4.52 Å². The van der Waals surface area contributed by atoms with E-state index < -0.39 is 11.8 Å². The second-order valence-electron chi connectivity index (χ2n) is 5.22. The molecule has 0 aliphatic heterocycles. The molecular weight excluding hydrogens is 284 g/mol. The van der Waals surface area contributed by atoms with Gasteiger partial charge in [0.2, 0.25) is 5.76 Å². The maximum atomic E-state index is 11.9. The van der Waals surface area contributed by atoms with Crippen LogP contribution < -0.4 is 10.9 Å². The van der Waals surface area contributed by atoms with Crippen molar-refractivity contribution < 1.29 is 14.1 Å². The van der Waals surface area contributed by atoms with Gasteiger partial charge in [-0.15, -0.1) is 0 Å². The molecule has 0 unspecified atom stereocenters. The van der Waals surface area contributed by atoms with Gasteiger partial charge in [0.25, 0.3) is 5.91 Å². The van der Waals surface area contributed by atoms with Crippen LogP contribution >= 0.6 is 0 Å². The van der Waals surface area contributed by atoms with E-state index in [1.165, 1.54) is 19.0 Å². The lowest BCUT2D eigenvalue weighted by Gasteiger charge is -2.04. The maximum Gasteiger partial charge on any atom is 0.308 e. The van der Waals surface area contributed by atoms with E-state index in [9.17, 15) is 9.59 Å². The van der Waals surface area contributed by atoms with Crippen LogP contribution in [0.1, 0.15) is 58.3 Å². The van der Waals surface area contributed by atoms with Crippen LogP contribution in [0.25, 0.3) is 0 Å². The number of nitrogens with zero attached hydrogens (tertiary/aromatic N) is 2. The first kappa shape index (κ1) is 14.2. The molecule has 0 bridgehead atoms. The topological polar surface area (TPSA) is 97.1 Å².